The lowest BCUT2D eigenvalue weighted by Gasteiger charge is -2.04. The van der Waals surface area contributed by atoms with Crippen LogP contribution in [0.4, 0.5) is 5.13 Å². The first-order valence-corrected chi connectivity index (χ1v) is 10.4. The fraction of sp³-hybridized carbons (Fsp3) is 0.200. The second-order valence-corrected chi connectivity index (χ2v) is 7.78. The molecule has 0 aliphatic heterocycles. The summed E-state index contributed by atoms with van der Waals surface area (Å²) in [4.78, 5) is 21.0. The smallest absolute Gasteiger partial charge is 0.226 e. The number of anilines is 1. The van der Waals surface area contributed by atoms with Gasteiger partial charge in [0, 0.05) is 28.8 Å². The van der Waals surface area contributed by atoms with E-state index in [0.29, 0.717) is 27.9 Å². The summed E-state index contributed by atoms with van der Waals surface area (Å²) in [5, 5.41) is 15.1. The molecule has 142 valence electrons. The van der Waals surface area contributed by atoms with E-state index in [-0.39, 0.29) is 5.91 Å². The van der Waals surface area contributed by atoms with Crippen LogP contribution in [0.1, 0.15) is 17.7 Å². The number of thiazole rings is 1. The number of nitrogens with zero attached hydrogens (tertiary/aromatic N) is 3. The van der Waals surface area contributed by atoms with Gasteiger partial charge in [-0.1, -0.05) is 12.1 Å². The van der Waals surface area contributed by atoms with Crippen LogP contribution in [-0.4, -0.2) is 28.7 Å². The van der Waals surface area contributed by atoms with Gasteiger partial charge in [-0.15, -0.1) is 23.1 Å². The summed E-state index contributed by atoms with van der Waals surface area (Å²) in [6.45, 7) is 1.88. The Balaban J connectivity index is 1.55. The van der Waals surface area contributed by atoms with Crippen molar-refractivity contribution < 1.29 is 9.53 Å². The van der Waals surface area contributed by atoms with Gasteiger partial charge in [0.25, 0.3) is 0 Å². The Bertz CT molecular complexity index is 1030. The molecule has 0 bridgehead atoms. The van der Waals surface area contributed by atoms with Gasteiger partial charge in [0.05, 0.1) is 18.4 Å². The number of carbonyl (C=O) groups is 1. The number of methoxy groups -OCH3 is 1. The molecule has 0 radical (unpaired) electrons. The molecule has 3 aromatic rings. The lowest BCUT2D eigenvalue weighted by molar-refractivity contribution is -0.115. The largest absolute Gasteiger partial charge is 0.497 e. The molecule has 28 heavy (non-hydrogen) atoms. The third-order valence-electron chi connectivity index (χ3n) is 3.80. The number of amides is 1. The SMILES string of the molecule is COc1cccc(-c2csc(NC(=O)CCSc3nc(C)ccc3C#N)n2)c1. The van der Waals surface area contributed by atoms with Crippen molar-refractivity contribution in [1.29, 1.82) is 5.26 Å². The number of ether oxygens (including phenoxy) is 1. The van der Waals surface area contributed by atoms with Crippen LogP contribution in [0.15, 0.2) is 46.8 Å². The number of aryl methyl sites for hydroxylation is 1. The zero-order chi connectivity index (χ0) is 19.9. The Morgan fingerprint density at radius 1 is 1.32 bits per heavy atom. The normalized spacial score (nSPS) is 10.3. The number of benzene rings is 1. The molecule has 1 aromatic carbocycles. The van der Waals surface area contributed by atoms with E-state index in [0.717, 1.165) is 22.7 Å². The molecule has 0 aliphatic rings. The van der Waals surface area contributed by atoms with Crippen molar-refractivity contribution in [3.63, 3.8) is 0 Å². The summed E-state index contributed by atoms with van der Waals surface area (Å²) in [7, 11) is 1.62. The fourth-order valence-electron chi connectivity index (χ4n) is 2.40. The Kier molecular flexibility index (Phi) is 6.63. The monoisotopic (exact) mass is 410 g/mol. The number of carbonyl (C=O) groups excluding carboxylic acids is 1. The Morgan fingerprint density at radius 3 is 2.96 bits per heavy atom. The van der Waals surface area contributed by atoms with Crippen molar-refractivity contribution in [2.24, 2.45) is 0 Å². The minimum atomic E-state index is -0.120. The molecule has 2 aromatic heterocycles. The lowest BCUT2D eigenvalue weighted by Crippen LogP contribution is -2.12. The molecule has 0 aliphatic carbocycles. The number of hydrogen-bond donors (Lipinski definition) is 1. The number of nitriles is 1. The van der Waals surface area contributed by atoms with Crippen LogP contribution < -0.4 is 10.1 Å². The number of hydrogen-bond acceptors (Lipinski definition) is 7. The van der Waals surface area contributed by atoms with E-state index in [1.165, 1.54) is 23.1 Å². The number of pyridine rings is 1. The van der Waals surface area contributed by atoms with Crippen LogP contribution in [0.25, 0.3) is 11.3 Å². The Hall–Kier alpha value is -2.89. The molecular weight excluding hydrogens is 392 g/mol. The molecule has 6 nitrogen and oxygen atoms in total. The molecule has 0 fully saturated rings. The third-order valence-corrected chi connectivity index (χ3v) is 5.55. The molecule has 8 heteroatoms. The predicted octanol–water partition coefficient (Wildman–Crippen LogP) is 4.51. The van der Waals surface area contributed by atoms with Crippen molar-refractivity contribution in [2.75, 3.05) is 18.2 Å². The zero-order valence-corrected chi connectivity index (χ0v) is 17.1. The molecule has 0 saturated heterocycles. The average molecular weight is 411 g/mol. The Labute approximate surface area is 171 Å². The summed E-state index contributed by atoms with van der Waals surface area (Å²) in [6, 6.07) is 13.3. The highest BCUT2D eigenvalue weighted by Crippen LogP contribution is 2.27. The van der Waals surface area contributed by atoms with Gasteiger partial charge >= 0.3 is 0 Å². The number of aromatic nitrogens is 2. The molecular formula is C20H18N4O2S2. The van der Waals surface area contributed by atoms with E-state index in [1.54, 1.807) is 19.2 Å². The highest BCUT2D eigenvalue weighted by Gasteiger charge is 2.10. The van der Waals surface area contributed by atoms with Gasteiger partial charge in [0.15, 0.2) is 5.13 Å². The standard InChI is InChI=1S/C20H18N4O2S2/c1-13-6-7-15(11-21)19(22-13)27-9-8-18(25)24-20-23-17(12-28-20)14-4-3-5-16(10-14)26-2/h3-7,10,12H,8-9H2,1-2H3,(H,23,24,25). The van der Waals surface area contributed by atoms with E-state index < -0.39 is 0 Å². The van der Waals surface area contributed by atoms with Crippen LogP contribution in [-0.2, 0) is 4.79 Å². The molecule has 3 rings (SSSR count). The topological polar surface area (TPSA) is 87.9 Å². The van der Waals surface area contributed by atoms with Crippen LogP contribution in [0.2, 0.25) is 0 Å². The zero-order valence-electron chi connectivity index (χ0n) is 15.4. The summed E-state index contributed by atoms with van der Waals surface area (Å²) >= 11 is 2.78. The van der Waals surface area contributed by atoms with Crippen molar-refractivity contribution in [1.82, 2.24) is 9.97 Å². The maximum absolute atomic E-state index is 12.2. The number of thioether (sulfide) groups is 1. The lowest BCUT2D eigenvalue weighted by atomic mass is 10.2. The van der Waals surface area contributed by atoms with Crippen molar-refractivity contribution in [3.05, 3.63) is 53.0 Å². The van der Waals surface area contributed by atoms with Crippen LogP contribution in [0.5, 0.6) is 5.75 Å². The number of nitrogens with one attached hydrogen (secondary N) is 1. The number of rotatable bonds is 7. The predicted molar refractivity (Wildman–Crippen MR) is 112 cm³/mol. The highest BCUT2D eigenvalue weighted by molar-refractivity contribution is 7.99. The van der Waals surface area contributed by atoms with Crippen LogP contribution >= 0.6 is 23.1 Å². The van der Waals surface area contributed by atoms with Gasteiger partial charge in [-0.3, -0.25) is 4.79 Å². The van der Waals surface area contributed by atoms with Crippen LogP contribution in [0.3, 0.4) is 0 Å². The first-order valence-electron chi connectivity index (χ1n) is 8.49. The van der Waals surface area contributed by atoms with Gasteiger partial charge in [-0.2, -0.15) is 5.26 Å². The van der Waals surface area contributed by atoms with Crippen molar-refractivity contribution in [2.45, 2.75) is 18.4 Å². The molecule has 0 unspecified atom stereocenters. The average Bonchev–Trinajstić information content (AvgIpc) is 3.16. The third kappa shape index (κ3) is 5.09. The maximum Gasteiger partial charge on any atom is 0.226 e. The van der Waals surface area contributed by atoms with E-state index in [9.17, 15) is 4.79 Å². The molecule has 0 atom stereocenters. The van der Waals surface area contributed by atoms with Gasteiger partial charge in [0.2, 0.25) is 5.91 Å². The molecule has 0 spiro atoms. The van der Waals surface area contributed by atoms with E-state index in [1.807, 2.05) is 36.6 Å². The van der Waals surface area contributed by atoms with Gasteiger partial charge in [0.1, 0.15) is 16.8 Å². The quantitative estimate of drug-likeness (QED) is 0.577. The fourth-order valence-corrected chi connectivity index (χ4v) is 4.09. The Morgan fingerprint density at radius 2 is 2.18 bits per heavy atom. The summed E-state index contributed by atoms with van der Waals surface area (Å²) in [5.74, 6) is 1.17. The minimum Gasteiger partial charge on any atom is -0.497 e. The summed E-state index contributed by atoms with van der Waals surface area (Å²) in [5.41, 5.74) is 3.09. The van der Waals surface area contributed by atoms with E-state index in [4.69, 9.17) is 10.00 Å². The van der Waals surface area contributed by atoms with Gasteiger partial charge in [-0.25, -0.2) is 9.97 Å². The van der Waals surface area contributed by atoms with Crippen molar-refractivity contribution >= 4 is 34.1 Å². The first kappa shape index (κ1) is 19.9. The molecule has 1 amide bonds. The van der Waals surface area contributed by atoms with E-state index >= 15 is 0 Å². The first-order chi connectivity index (χ1) is 13.6. The van der Waals surface area contributed by atoms with Gasteiger partial charge < -0.3 is 10.1 Å². The second kappa shape index (κ2) is 9.35. The highest BCUT2D eigenvalue weighted by atomic mass is 32.2. The summed E-state index contributed by atoms with van der Waals surface area (Å²) < 4.78 is 5.23. The second-order valence-electron chi connectivity index (χ2n) is 5.83. The van der Waals surface area contributed by atoms with Crippen LogP contribution in [0, 0.1) is 18.3 Å². The molecule has 2 heterocycles. The van der Waals surface area contributed by atoms with Gasteiger partial charge in [-0.05, 0) is 31.2 Å². The minimum absolute atomic E-state index is 0.120. The maximum atomic E-state index is 12.2. The molecule has 1 N–H and O–H groups in total. The van der Waals surface area contributed by atoms with E-state index in [2.05, 4.69) is 21.4 Å². The molecule has 0 saturated carbocycles. The van der Waals surface area contributed by atoms with Crippen molar-refractivity contribution in [3.8, 4) is 23.1 Å². The summed E-state index contributed by atoms with van der Waals surface area (Å²) in [6.07, 6.45) is 0.305.